The van der Waals surface area contributed by atoms with Crippen LogP contribution in [0, 0.1) is 5.41 Å². The first-order valence-corrected chi connectivity index (χ1v) is 6.88. The fourth-order valence-corrected chi connectivity index (χ4v) is 1.86. The van der Waals surface area contributed by atoms with Gasteiger partial charge in [-0.3, -0.25) is 0 Å². The summed E-state index contributed by atoms with van der Waals surface area (Å²) in [6.07, 6.45) is 2.20. The number of ether oxygens (including phenoxy) is 2. The van der Waals surface area contributed by atoms with Crippen LogP contribution in [0.2, 0.25) is 0 Å². The third-order valence-corrected chi connectivity index (χ3v) is 3.09. The zero-order chi connectivity index (χ0) is 14.3. The van der Waals surface area contributed by atoms with Crippen molar-refractivity contribution in [1.29, 1.82) is 0 Å². The molecule has 3 heteroatoms. The summed E-state index contributed by atoms with van der Waals surface area (Å²) in [5, 5.41) is 3.48. The van der Waals surface area contributed by atoms with E-state index >= 15 is 0 Å². The Kier molecular flexibility index (Phi) is 6.16. The zero-order valence-electron chi connectivity index (χ0n) is 12.9. The monoisotopic (exact) mass is 265 g/mol. The first-order valence-electron chi connectivity index (χ1n) is 6.88. The van der Waals surface area contributed by atoms with E-state index in [4.69, 9.17) is 9.47 Å². The molecule has 0 aliphatic heterocycles. The predicted octanol–water partition coefficient (Wildman–Crippen LogP) is 3.27. The molecule has 1 aromatic rings. The Morgan fingerprint density at radius 2 is 1.68 bits per heavy atom. The second-order valence-electron chi connectivity index (χ2n) is 6.00. The molecule has 0 fully saturated rings. The molecular weight excluding hydrogens is 238 g/mol. The molecule has 0 bridgehead atoms. The Hall–Kier alpha value is -1.22. The van der Waals surface area contributed by atoms with E-state index in [0.717, 1.165) is 31.0 Å². The quantitative estimate of drug-likeness (QED) is 0.768. The van der Waals surface area contributed by atoms with Gasteiger partial charge in [0.05, 0.1) is 14.2 Å². The SMILES string of the molecule is COc1ccc(CCNCCC(C)(C)C)cc1OC. The summed E-state index contributed by atoms with van der Waals surface area (Å²) >= 11 is 0. The van der Waals surface area contributed by atoms with Crippen molar-refractivity contribution < 1.29 is 9.47 Å². The molecule has 0 saturated heterocycles. The molecule has 0 unspecified atom stereocenters. The minimum atomic E-state index is 0.399. The fourth-order valence-electron chi connectivity index (χ4n) is 1.86. The maximum Gasteiger partial charge on any atom is 0.160 e. The van der Waals surface area contributed by atoms with Crippen molar-refractivity contribution in [2.75, 3.05) is 27.3 Å². The van der Waals surface area contributed by atoms with Crippen LogP contribution in [0.4, 0.5) is 0 Å². The Morgan fingerprint density at radius 1 is 1.00 bits per heavy atom. The molecule has 3 nitrogen and oxygen atoms in total. The van der Waals surface area contributed by atoms with Crippen LogP contribution in [-0.4, -0.2) is 27.3 Å². The smallest absolute Gasteiger partial charge is 0.160 e. The Labute approximate surface area is 117 Å². The highest BCUT2D eigenvalue weighted by Gasteiger charge is 2.08. The van der Waals surface area contributed by atoms with Crippen LogP contribution in [0.15, 0.2) is 18.2 Å². The van der Waals surface area contributed by atoms with Crippen LogP contribution in [-0.2, 0) is 6.42 Å². The Bertz CT molecular complexity index is 383. The van der Waals surface area contributed by atoms with Crippen molar-refractivity contribution in [3.05, 3.63) is 23.8 Å². The molecule has 1 rings (SSSR count). The van der Waals surface area contributed by atoms with E-state index < -0.39 is 0 Å². The van der Waals surface area contributed by atoms with Crippen LogP contribution in [0.25, 0.3) is 0 Å². The largest absolute Gasteiger partial charge is 0.493 e. The van der Waals surface area contributed by atoms with Gasteiger partial charge in [-0.2, -0.15) is 0 Å². The maximum absolute atomic E-state index is 5.30. The highest BCUT2D eigenvalue weighted by Crippen LogP contribution is 2.27. The van der Waals surface area contributed by atoms with Gasteiger partial charge in [0.2, 0.25) is 0 Å². The van der Waals surface area contributed by atoms with E-state index in [9.17, 15) is 0 Å². The van der Waals surface area contributed by atoms with Crippen molar-refractivity contribution in [2.45, 2.75) is 33.6 Å². The Balaban J connectivity index is 2.37. The number of nitrogens with one attached hydrogen (secondary N) is 1. The third kappa shape index (κ3) is 5.97. The summed E-state index contributed by atoms with van der Waals surface area (Å²) in [7, 11) is 3.33. The van der Waals surface area contributed by atoms with Gasteiger partial charge in [0.1, 0.15) is 0 Å². The summed E-state index contributed by atoms with van der Waals surface area (Å²) in [6, 6.07) is 6.10. The normalized spacial score (nSPS) is 11.4. The van der Waals surface area contributed by atoms with Gasteiger partial charge in [-0.25, -0.2) is 0 Å². The number of benzene rings is 1. The fraction of sp³-hybridized carbons (Fsp3) is 0.625. The van der Waals surface area contributed by atoms with Crippen molar-refractivity contribution in [3.63, 3.8) is 0 Å². The molecule has 0 aliphatic rings. The van der Waals surface area contributed by atoms with Crippen LogP contribution in [0.5, 0.6) is 11.5 Å². The third-order valence-electron chi connectivity index (χ3n) is 3.09. The van der Waals surface area contributed by atoms with E-state index in [0.29, 0.717) is 5.41 Å². The summed E-state index contributed by atoms with van der Waals surface area (Å²) in [5.74, 6) is 1.58. The van der Waals surface area contributed by atoms with E-state index in [2.05, 4.69) is 32.2 Å². The molecule has 0 aromatic heterocycles. The highest BCUT2D eigenvalue weighted by molar-refractivity contribution is 5.42. The lowest BCUT2D eigenvalue weighted by atomic mass is 9.92. The van der Waals surface area contributed by atoms with E-state index in [1.54, 1.807) is 14.2 Å². The molecule has 0 heterocycles. The number of rotatable bonds is 7. The van der Waals surface area contributed by atoms with Crippen molar-refractivity contribution in [1.82, 2.24) is 5.32 Å². The van der Waals surface area contributed by atoms with Gasteiger partial charge in [0, 0.05) is 0 Å². The summed E-state index contributed by atoms with van der Waals surface area (Å²) in [5.41, 5.74) is 1.66. The van der Waals surface area contributed by atoms with Gasteiger partial charge in [-0.05, 0) is 49.0 Å². The van der Waals surface area contributed by atoms with Crippen molar-refractivity contribution in [2.24, 2.45) is 5.41 Å². The van der Waals surface area contributed by atoms with Gasteiger partial charge in [-0.1, -0.05) is 26.8 Å². The topological polar surface area (TPSA) is 30.5 Å². The first kappa shape index (κ1) is 15.8. The number of methoxy groups -OCH3 is 2. The molecule has 108 valence electrons. The maximum atomic E-state index is 5.30. The Morgan fingerprint density at radius 3 is 2.26 bits per heavy atom. The summed E-state index contributed by atoms with van der Waals surface area (Å²) in [6.45, 7) is 8.86. The van der Waals surface area contributed by atoms with Crippen LogP contribution in [0.3, 0.4) is 0 Å². The number of hydrogen-bond donors (Lipinski definition) is 1. The molecule has 0 radical (unpaired) electrons. The molecule has 1 aromatic carbocycles. The lowest BCUT2D eigenvalue weighted by molar-refractivity contribution is 0.354. The standard InChI is InChI=1S/C16H27NO2/c1-16(2,3)9-11-17-10-8-13-6-7-14(18-4)15(12-13)19-5/h6-7,12,17H,8-11H2,1-5H3. The second kappa shape index (κ2) is 7.39. The number of hydrogen-bond acceptors (Lipinski definition) is 3. The molecule has 0 aliphatic carbocycles. The summed E-state index contributed by atoms with van der Waals surface area (Å²) in [4.78, 5) is 0. The van der Waals surface area contributed by atoms with E-state index in [1.165, 1.54) is 12.0 Å². The van der Waals surface area contributed by atoms with Gasteiger partial charge in [0.25, 0.3) is 0 Å². The van der Waals surface area contributed by atoms with Gasteiger partial charge < -0.3 is 14.8 Å². The molecule has 0 amide bonds. The summed E-state index contributed by atoms with van der Waals surface area (Å²) < 4.78 is 10.5. The average molecular weight is 265 g/mol. The predicted molar refractivity (Wildman–Crippen MR) is 80.2 cm³/mol. The van der Waals surface area contributed by atoms with Crippen LogP contribution < -0.4 is 14.8 Å². The van der Waals surface area contributed by atoms with Gasteiger partial charge >= 0.3 is 0 Å². The average Bonchev–Trinajstić information content (AvgIpc) is 2.36. The van der Waals surface area contributed by atoms with Crippen LogP contribution in [0.1, 0.15) is 32.8 Å². The second-order valence-corrected chi connectivity index (χ2v) is 6.00. The van der Waals surface area contributed by atoms with Gasteiger partial charge in [-0.15, -0.1) is 0 Å². The lowest BCUT2D eigenvalue weighted by Gasteiger charge is -2.18. The molecule has 0 saturated carbocycles. The van der Waals surface area contributed by atoms with Crippen molar-refractivity contribution in [3.8, 4) is 11.5 Å². The van der Waals surface area contributed by atoms with E-state index in [-0.39, 0.29) is 0 Å². The zero-order valence-corrected chi connectivity index (χ0v) is 12.9. The molecular formula is C16H27NO2. The lowest BCUT2D eigenvalue weighted by Crippen LogP contribution is -2.22. The highest BCUT2D eigenvalue weighted by atomic mass is 16.5. The molecule has 0 atom stereocenters. The van der Waals surface area contributed by atoms with Crippen LogP contribution >= 0.6 is 0 Å². The van der Waals surface area contributed by atoms with Crippen molar-refractivity contribution >= 4 is 0 Å². The van der Waals surface area contributed by atoms with Gasteiger partial charge in [0.15, 0.2) is 11.5 Å². The first-order chi connectivity index (χ1) is 8.96. The molecule has 1 N–H and O–H groups in total. The van der Waals surface area contributed by atoms with E-state index in [1.807, 2.05) is 12.1 Å². The molecule has 19 heavy (non-hydrogen) atoms. The molecule has 0 spiro atoms. The minimum absolute atomic E-state index is 0.399. The minimum Gasteiger partial charge on any atom is -0.493 e.